The number of nitrogens with one attached hydrogen (secondary N) is 1. The molecule has 0 aliphatic rings. The number of ether oxygens (including phenoxy) is 1. The van der Waals surface area contributed by atoms with Crippen molar-refractivity contribution in [3.05, 3.63) is 88.0 Å². The third-order valence-corrected chi connectivity index (χ3v) is 5.76. The SMILES string of the molecule is O=C(O)CCCCCNC(=O)c1c2ccccc2nc2cc(OCc3cccc([N+](=O)[O-])c3)ccc12. The summed E-state index contributed by atoms with van der Waals surface area (Å²) >= 11 is 0. The zero-order valence-corrected chi connectivity index (χ0v) is 19.5. The number of para-hydroxylation sites is 1. The number of nitrogens with zero attached hydrogens (tertiary/aromatic N) is 2. The van der Waals surface area contributed by atoms with Crippen LogP contribution in [-0.4, -0.2) is 33.4 Å². The van der Waals surface area contributed by atoms with Crippen LogP contribution >= 0.6 is 0 Å². The van der Waals surface area contributed by atoms with Gasteiger partial charge >= 0.3 is 5.97 Å². The van der Waals surface area contributed by atoms with Crippen LogP contribution in [0.1, 0.15) is 41.6 Å². The number of carbonyl (C=O) groups is 2. The van der Waals surface area contributed by atoms with Gasteiger partial charge in [0.1, 0.15) is 12.4 Å². The van der Waals surface area contributed by atoms with Crippen LogP contribution in [0.2, 0.25) is 0 Å². The van der Waals surface area contributed by atoms with Gasteiger partial charge in [-0.15, -0.1) is 0 Å². The molecule has 0 atom stereocenters. The molecule has 9 nitrogen and oxygen atoms in total. The number of hydrogen-bond donors (Lipinski definition) is 2. The highest BCUT2D eigenvalue weighted by Gasteiger charge is 2.16. The molecule has 1 amide bonds. The summed E-state index contributed by atoms with van der Waals surface area (Å²) in [7, 11) is 0. The molecule has 4 aromatic rings. The van der Waals surface area contributed by atoms with E-state index in [0.717, 1.165) is 11.8 Å². The number of fused-ring (bicyclic) bond motifs is 2. The number of hydrogen-bond acceptors (Lipinski definition) is 6. The predicted octanol–water partition coefficient (Wildman–Crippen LogP) is 5.25. The average molecular weight is 488 g/mol. The van der Waals surface area contributed by atoms with Gasteiger partial charge in [0.05, 0.1) is 21.5 Å². The van der Waals surface area contributed by atoms with E-state index in [1.54, 1.807) is 30.3 Å². The highest BCUT2D eigenvalue weighted by molar-refractivity contribution is 6.16. The second kappa shape index (κ2) is 11.3. The predicted molar refractivity (Wildman–Crippen MR) is 135 cm³/mol. The normalized spacial score (nSPS) is 10.9. The molecular weight excluding hydrogens is 462 g/mol. The topological polar surface area (TPSA) is 132 Å². The Balaban J connectivity index is 1.54. The molecule has 0 saturated carbocycles. The monoisotopic (exact) mass is 487 g/mol. The first-order valence-corrected chi connectivity index (χ1v) is 11.6. The van der Waals surface area contributed by atoms with Gasteiger partial charge in [0, 0.05) is 41.9 Å². The zero-order valence-electron chi connectivity index (χ0n) is 19.5. The van der Waals surface area contributed by atoms with Gasteiger partial charge in [-0.05, 0) is 36.6 Å². The van der Waals surface area contributed by atoms with Crippen molar-refractivity contribution in [1.29, 1.82) is 0 Å². The number of unbranched alkanes of at least 4 members (excludes halogenated alkanes) is 2. The van der Waals surface area contributed by atoms with E-state index in [1.807, 2.05) is 24.3 Å². The summed E-state index contributed by atoms with van der Waals surface area (Å²) in [5, 5.41) is 24.1. The molecule has 184 valence electrons. The van der Waals surface area contributed by atoms with E-state index in [0.29, 0.717) is 52.7 Å². The fourth-order valence-corrected chi connectivity index (χ4v) is 4.00. The van der Waals surface area contributed by atoms with Crippen LogP contribution in [0.5, 0.6) is 5.75 Å². The second-order valence-corrected chi connectivity index (χ2v) is 8.36. The Bertz CT molecular complexity index is 1440. The van der Waals surface area contributed by atoms with Crippen LogP contribution in [0.25, 0.3) is 21.8 Å². The Morgan fingerprint density at radius 2 is 1.75 bits per heavy atom. The smallest absolute Gasteiger partial charge is 0.303 e. The van der Waals surface area contributed by atoms with Crippen molar-refractivity contribution in [3.8, 4) is 5.75 Å². The van der Waals surface area contributed by atoms with Gasteiger partial charge in [-0.1, -0.05) is 36.8 Å². The molecule has 0 fully saturated rings. The third-order valence-electron chi connectivity index (χ3n) is 5.76. The van der Waals surface area contributed by atoms with Crippen molar-refractivity contribution < 1.29 is 24.4 Å². The van der Waals surface area contributed by atoms with Gasteiger partial charge in [-0.2, -0.15) is 0 Å². The van der Waals surface area contributed by atoms with Crippen molar-refractivity contribution in [2.75, 3.05) is 6.54 Å². The summed E-state index contributed by atoms with van der Waals surface area (Å²) < 4.78 is 5.86. The number of carboxylic acid groups (broad SMARTS) is 1. The molecule has 3 aromatic carbocycles. The summed E-state index contributed by atoms with van der Waals surface area (Å²) in [6.07, 6.45) is 2.11. The maximum Gasteiger partial charge on any atom is 0.303 e. The van der Waals surface area contributed by atoms with E-state index >= 15 is 0 Å². The van der Waals surface area contributed by atoms with Crippen molar-refractivity contribution >= 4 is 39.4 Å². The molecule has 0 spiro atoms. The minimum absolute atomic E-state index is 0.000266. The first kappa shape index (κ1) is 24.6. The summed E-state index contributed by atoms with van der Waals surface area (Å²) in [6, 6.07) is 19.0. The number of benzene rings is 3. The molecule has 0 radical (unpaired) electrons. The summed E-state index contributed by atoms with van der Waals surface area (Å²) in [5.74, 6) is -0.508. The van der Waals surface area contributed by atoms with E-state index in [9.17, 15) is 19.7 Å². The number of pyridine rings is 1. The van der Waals surface area contributed by atoms with Crippen LogP contribution in [0.4, 0.5) is 5.69 Å². The van der Waals surface area contributed by atoms with Crippen molar-refractivity contribution in [3.63, 3.8) is 0 Å². The Morgan fingerprint density at radius 3 is 2.56 bits per heavy atom. The first-order valence-electron chi connectivity index (χ1n) is 11.6. The lowest BCUT2D eigenvalue weighted by atomic mass is 10.0. The van der Waals surface area contributed by atoms with Crippen LogP contribution in [0, 0.1) is 10.1 Å². The van der Waals surface area contributed by atoms with Gasteiger partial charge in [-0.25, -0.2) is 4.98 Å². The van der Waals surface area contributed by atoms with Crippen LogP contribution < -0.4 is 10.1 Å². The van der Waals surface area contributed by atoms with Crippen molar-refractivity contribution in [1.82, 2.24) is 10.3 Å². The molecular formula is C27H25N3O6. The van der Waals surface area contributed by atoms with E-state index in [-0.39, 0.29) is 24.6 Å². The number of nitro benzene ring substituents is 1. The molecule has 1 heterocycles. The molecule has 0 bridgehead atoms. The largest absolute Gasteiger partial charge is 0.489 e. The number of rotatable bonds is 11. The number of non-ortho nitro benzene ring substituents is 1. The van der Waals surface area contributed by atoms with Gasteiger partial charge in [0.15, 0.2) is 0 Å². The molecule has 9 heteroatoms. The molecule has 36 heavy (non-hydrogen) atoms. The zero-order chi connectivity index (χ0) is 25.5. The number of aromatic nitrogens is 1. The van der Waals surface area contributed by atoms with Gasteiger partial charge < -0.3 is 15.2 Å². The van der Waals surface area contributed by atoms with E-state index in [2.05, 4.69) is 5.32 Å². The minimum Gasteiger partial charge on any atom is -0.489 e. The molecule has 1 aromatic heterocycles. The Kier molecular flexibility index (Phi) is 7.69. The molecule has 0 aliphatic heterocycles. The van der Waals surface area contributed by atoms with E-state index < -0.39 is 10.9 Å². The fraction of sp³-hybridized carbons (Fsp3) is 0.222. The summed E-state index contributed by atoms with van der Waals surface area (Å²) in [6.45, 7) is 0.594. The highest BCUT2D eigenvalue weighted by Crippen LogP contribution is 2.29. The van der Waals surface area contributed by atoms with Gasteiger partial charge in [0.2, 0.25) is 0 Å². The van der Waals surface area contributed by atoms with E-state index in [4.69, 9.17) is 14.8 Å². The Labute approximate surface area is 206 Å². The molecule has 0 aliphatic carbocycles. The molecule has 4 rings (SSSR count). The minimum atomic E-state index is -0.817. The van der Waals surface area contributed by atoms with Crippen LogP contribution in [0.15, 0.2) is 66.7 Å². The Hall–Kier alpha value is -4.53. The lowest BCUT2D eigenvalue weighted by Crippen LogP contribution is -2.25. The lowest BCUT2D eigenvalue weighted by Gasteiger charge is -2.13. The number of aliphatic carboxylic acids is 1. The molecule has 0 saturated heterocycles. The van der Waals surface area contributed by atoms with Gasteiger partial charge in [0.25, 0.3) is 11.6 Å². The average Bonchev–Trinajstić information content (AvgIpc) is 2.87. The van der Waals surface area contributed by atoms with Gasteiger partial charge in [-0.3, -0.25) is 19.7 Å². The van der Waals surface area contributed by atoms with Crippen LogP contribution in [-0.2, 0) is 11.4 Å². The second-order valence-electron chi connectivity index (χ2n) is 8.36. The Morgan fingerprint density at radius 1 is 0.944 bits per heavy atom. The fourth-order valence-electron chi connectivity index (χ4n) is 4.00. The van der Waals surface area contributed by atoms with Crippen molar-refractivity contribution in [2.45, 2.75) is 32.3 Å². The summed E-state index contributed by atoms with van der Waals surface area (Å²) in [5.41, 5.74) is 2.45. The highest BCUT2D eigenvalue weighted by atomic mass is 16.6. The lowest BCUT2D eigenvalue weighted by molar-refractivity contribution is -0.384. The van der Waals surface area contributed by atoms with E-state index in [1.165, 1.54) is 12.1 Å². The quantitative estimate of drug-likeness (QED) is 0.128. The summed E-state index contributed by atoms with van der Waals surface area (Å²) in [4.78, 5) is 39.1. The standard InChI is InChI=1S/C27H25N3O6/c31-25(32)11-2-1-5-14-28-27(33)26-21-9-3-4-10-23(21)29-24-16-20(12-13-22(24)26)36-17-18-7-6-8-19(15-18)30(34)35/h3-4,6-10,12-13,15-16H,1-2,5,11,14,17H2,(H,28,33)(H,31,32). The molecule has 2 N–H and O–H groups in total. The van der Waals surface area contributed by atoms with Crippen LogP contribution in [0.3, 0.4) is 0 Å². The number of amides is 1. The maximum absolute atomic E-state index is 13.2. The molecule has 0 unspecified atom stereocenters. The van der Waals surface area contributed by atoms with Crippen molar-refractivity contribution in [2.24, 2.45) is 0 Å². The third kappa shape index (κ3) is 5.93. The number of carboxylic acids is 1. The first-order chi connectivity index (χ1) is 17.4. The maximum atomic E-state index is 13.2. The number of carbonyl (C=O) groups excluding carboxylic acids is 1. The number of nitro groups is 1.